The van der Waals surface area contributed by atoms with Crippen molar-refractivity contribution >= 4 is 22.9 Å². The molecule has 1 heterocycles. The molecule has 0 atom stereocenters. The van der Waals surface area contributed by atoms with E-state index >= 15 is 0 Å². The van der Waals surface area contributed by atoms with Crippen LogP contribution in [-0.4, -0.2) is 5.91 Å². The molecule has 0 saturated carbocycles. The van der Waals surface area contributed by atoms with Gasteiger partial charge in [-0.3, -0.25) is 4.79 Å². The topological polar surface area (TPSA) is 29.1 Å². The Balaban J connectivity index is 2.11. The van der Waals surface area contributed by atoms with Crippen molar-refractivity contribution < 1.29 is 18.0 Å². The normalized spacial score (nSPS) is 11.5. The summed E-state index contributed by atoms with van der Waals surface area (Å²) in [6.07, 6.45) is -4.26. The number of halogens is 3. The van der Waals surface area contributed by atoms with Crippen LogP contribution in [0.3, 0.4) is 0 Å². The number of aryl methyl sites for hydroxylation is 2. The highest BCUT2D eigenvalue weighted by Crippen LogP contribution is 2.33. The van der Waals surface area contributed by atoms with E-state index in [1.807, 2.05) is 19.1 Å². The van der Waals surface area contributed by atoms with Crippen LogP contribution in [0, 0.1) is 13.8 Å². The van der Waals surface area contributed by atoms with Crippen molar-refractivity contribution in [3.05, 3.63) is 51.2 Å². The van der Waals surface area contributed by atoms with E-state index in [1.165, 1.54) is 30.4 Å². The maximum absolute atomic E-state index is 12.8. The van der Waals surface area contributed by atoms with Gasteiger partial charge in [-0.1, -0.05) is 6.07 Å². The van der Waals surface area contributed by atoms with E-state index in [0.29, 0.717) is 0 Å². The Bertz CT molecular complexity index is 661. The number of alkyl halides is 3. The fourth-order valence-electron chi connectivity index (χ4n) is 1.95. The molecule has 0 saturated heterocycles. The minimum atomic E-state index is -4.42. The molecular weight excluding hydrogens is 299 g/mol. The summed E-state index contributed by atoms with van der Waals surface area (Å²) in [6.45, 7) is 3.32. The largest absolute Gasteiger partial charge is 0.416 e. The summed E-state index contributed by atoms with van der Waals surface area (Å²) in [5.74, 6) is -0.325. The number of thiophene rings is 1. The predicted octanol–water partition coefficient (Wildman–Crippen LogP) is 4.56. The van der Waals surface area contributed by atoms with Crippen molar-refractivity contribution in [2.45, 2.75) is 26.4 Å². The second-order valence-corrected chi connectivity index (χ2v) is 6.14. The maximum Gasteiger partial charge on any atom is 0.416 e. The minimum absolute atomic E-state index is 0.134. The summed E-state index contributed by atoms with van der Waals surface area (Å²) in [4.78, 5) is 13.8. The van der Waals surface area contributed by atoms with Crippen LogP contribution in [0.5, 0.6) is 0 Å². The van der Waals surface area contributed by atoms with Gasteiger partial charge in [-0.25, -0.2) is 0 Å². The standard InChI is InChI=1S/C15H14F3NOS/c1-9-3-5-11(7-13(9)15(16,17)18)19-14(20)8-12-6-4-10(2)21-12/h3-7H,8H2,1-2H3,(H,19,20). The molecule has 1 amide bonds. The van der Waals surface area contributed by atoms with Crippen molar-refractivity contribution in [3.63, 3.8) is 0 Å². The van der Waals surface area contributed by atoms with Crippen LogP contribution in [0.1, 0.15) is 20.9 Å². The first-order chi connectivity index (χ1) is 9.75. The molecule has 2 nitrogen and oxygen atoms in total. The van der Waals surface area contributed by atoms with Crippen LogP contribution < -0.4 is 5.32 Å². The van der Waals surface area contributed by atoms with Crippen molar-refractivity contribution in [3.8, 4) is 0 Å². The van der Waals surface area contributed by atoms with Crippen molar-refractivity contribution in [2.75, 3.05) is 5.32 Å². The van der Waals surface area contributed by atoms with E-state index < -0.39 is 11.7 Å². The first-order valence-electron chi connectivity index (χ1n) is 6.29. The molecule has 1 aromatic heterocycles. The SMILES string of the molecule is Cc1ccc(CC(=O)Nc2ccc(C)c(C(F)(F)F)c2)s1. The Labute approximate surface area is 124 Å². The van der Waals surface area contributed by atoms with Crippen LogP contribution in [0.2, 0.25) is 0 Å². The lowest BCUT2D eigenvalue weighted by atomic mass is 10.1. The summed E-state index contributed by atoms with van der Waals surface area (Å²) in [7, 11) is 0. The quantitative estimate of drug-likeness (QED) is 0.884. The highest BCUT2D eigenvalue weighted by molar-refractivity contribution is 7.12. The van der Waals surface area contributed by atoms with Crippen molar-refractivity contribution in [2.24, 2.45) is 0 Å². The van der Waals surface area contributed by atoms with Crippen LogP contribution >= 0.6 is 11.3 Å². The van der Waals surface area contributed by atoms with Gasteiger partial charge in [0, 0.05) is 15.4 Å². The molecule has 0 unspecified atom stereocenters. The third kappa shape index (κ3) is 4.07. The number of hydrogen-bond donors (Lipinski definition) is 1. The zero-order valence-electron chi connectivity index (χ0n) is 11.5. The van der Waals surface area contributed by atoms with Gasteiger partial charge in [0.1, 0.15) is 0 Å². The molecular formula is C15H14F3NOS. The number of rotatable bonds is 3. The Morgan fingerprint density at radius 3 is 2.48 bits per heavy atom. The fraction of sp³-hybridized carbons (Fsp3) is 0.267. The van der Waals surface area contributed by atoms with Gasteiger partial charge < -0.3 is 5.32 Å². The maximum atomic E-state index is 12.8. The number of anilines is 1. The molecule has 0 aliphatic carbocycles. The molecule has 0 aliphatic rings. The first kappa shape index (κ1) is 15.6. The molecule has 21 heavy (non-hydrogen) atoms. The molecule has 1 aromatic carbocycles. The van der Waals surface area contributed by atoms with Gasteiger partial charge in [0.25, 0.3) is 0 Å². The van der Waals surface area contributed by atoms with Gasteiger partial charge in [-0.2, -0.15) is 13.2 Å². The summed E-state index contributed by atoms with van der Waals surface area (Å²) < 4.78 is 38.4. The monoisotopic (exact) mass is 313 g/mol. The Morgan fingerprint density at radius 1 is 1.19 bits per heavy atom. The minimum Gasteiger partial charge on any atom is -0.326 e. The van der Waals surface area contributed by atoms with Crippen molar-refractivity contribution in [1.29, 1.82) is 0 Å². The molecule has 0 aliphatic heterocycles. The fourth-order valence-corrected chi connectivity index (χ4v) is 2.84. The van der Waals surface area contributed by atoms with E-state index in [9.17, 15) is 18.0 Å². The number of carbonyl (C=O) groups excluding carboxylic acids is 1. The van der Waals surface area contributed by atoms with Gasteiger partial charge in [0.2, 0.25) is 5.91 Å². The number of amides is 1. The summed E-state index contributed by atoms with van der Waals surface area (Å²) in [5, 5.41) is 2.51. The van der Waals surface area contributed by atoms with Crippen LogP contribution in [0.4, 0.5) is 18.9 Å². The summed E-state index contributed by atoms with van der Waals surface area (Å²) in [5.41, 5.74) is -0.437. The Kier molecular flexibility index (Phi) is 4.37. The predicted molar refractivity (Wildman–Crippen MR) is 77.6 cm³/mol. The zero-order valence-corrected chi connectivity index (χ0v) is 12.4. The lowest BCUT2D eigenvalue weighted by Gasteiger charge is -2.12. The highest BCUT2D eigenvalue weighted by Gasteiger charge is 2.32. The molecule has 6 heteroatoms. The zero-order chi connectivity index (χ0) is 15.6. The van der Waals surface area contributed by atoms with Crippen LogP contribution in [0.15, 0.2) is 30.3 Å². The number of hydrogen-bond acceptors (Lipinski definition) is 2. The van der Waals surface area contributed by atoms with E-state index in [1.54, 1.807) is 0 Å². The van der Waals surface area contributed by atoms with E-state index in [2.05, 4.69) is 5.32 Å². The summed E-state index contributed by atoms with van der Waals surface area (Å²) >= 11 is 1.50. The van der Waals surface area contributed by atoms with Crippen molar-refractivity contribution in [1.82, 2.24) is 0 Å². The molecule has 1 N–H and O–H groups in total. The van der Waals surface area contributed by atoms with Gasteiger partial charge in [0.05, 0.1) is 12.0 Å². The van der Waals surface area contributed by atoms with Crippen LogP contribution in [-0.2, 0) is 17.4 Å². The number of benzene rings is 1. The molecule has 0 fully saturated rings. The van der Waals surface area contributed by atoms with E-state index in [0.717, 1.165) is 15.8 Å². The second-order valence-electron chi connectivity index (χ2n) is 4.76. The van der Waals surface area contributed by atoms with E-state index in [4.69, 9.17) is 0 Å². The third-order valence-electron chi connectivity index (χ3n) is 2.96. The second kappa shape index (κ2) is 5.89. The Hall–Kier alpha value is -1.82. The van der Waals surface area contributed by atoms with Gasteiger partial charge in [-0.15, -0.1) is 11.3 Å². The number of nitrogens with one attached hydrogen (secondary N) is 1. The van der Waals surface area contributed by atoms with Crippen LogP contribution in [0.25, 0.3) is 0 Å². The molecule has 0 radical (unpaired) electrons. The molecule has 0 bridgehead atoms. The third-order valence-corrected chi connectivity index (χ3v) is 3.96. The summed E-state index contributed by atoms with van der Waals surface area (Å²) in [6, 6.07) is 7.54. The molecule has 0 spiro atoms. The first-order valence-corrected chi connectivity index (χ1v) is 7.10. The Morgan fingerprint density at radius 2 is 1.90 bits per heavy atom. The van der Waals surface area contributed by atoms with E-state index in [-0.39, 0.29) is 23.6 Å². The van der Waals surface area contributed by atoms with Gasteiger partial charge in [0.15, 0.2) is 0 Å². The average molecular weight is 313 g/mol. The smallest absolute Gasteiger partial charge is 0.326 e. The molecule has 2 aromatic rings. The highest BCUT2D eigenvalue weighted by atomic mass is 32.1. The molecule has 2 rings (SSSR count). The average Bonchev–Trinajstić information content (AvgIpc) is 2.75. The van der Waals surface area contributed by atoms with Gasteiger partial charge >= 0.3 is 6.18 Å². The number of carbonyl (C=O) groups is 1. The van der Waals surface area contributed by atoms with Gasteiger partial charge in [-0.05, 0) is 43.7 Å². The molecule has 112 valence electrons. The lowest BCUT2D eigenvalue weighted by molar-refractivity contribution is -0.138. The lowest BCUT2D eigenvalue weighted by Crippen LogP contribution is -2.15.